The zero-order valence-electron chi connectivity index (χ0n) is 58.4. The number of alkyl halides is 3. The van der Waals surface area contributed by atoms with E-state index in [0.717, 1.165) is 161 Å². The van der Waals surface area contributed by atoms with E-state index in [-0.39, 0.29) is 13.4 Å². The Kier molecular flexibility index (Phi) is 15.8. The van der Waals surface area contributed by atoms with Crippen molar-refractivity contribution in [2.75, 3.05) is 24.5 Å². The summed E-state index contributed by atoms with van der Waals surface area (Å²) >= 11 is 1.77. The van der Waals surface area contributed by atoms with Gasteiger partial charge in [0.25, 0.3) is 6.71 Å². The molecule has 0 aromatic heterocycles. The van der Waals surface area contributed by atoms with E-state index in [1.807, 2.05) is 18.2 Å². The normalized spacial score (nSPS) is 12.8. The van der Waals surface area contributed by atoms with Gasteiger partial charge in [0.05, 0.1) is 22.6 Å². The van der Waals surface area contributed by atoms with Crippen molar-refractivity contribution in [1.82, 2.24) is 0 Å². The van der Waals surface area contributed by atoms with Gasteiger partial charge >= 0.3 is 6.18 Å². The van der Waals surface area contributed by atoms with Crippen molar-refractivity contribution in [2.45, 2.75) is 16.0 Å². The fourth-order valence-electron chi connectivity index (χ4n) is 17.1. The highest BCUT2D eigenvalue weighted by molar-refractivity contribution is 8.00. The minimum absolute atomic E-state index is 0.323. The van der Waals surface area contributed by atoms with Gasteiger partial charge in [-0.15, -0.1) is 0 Å². The van der Waals surface area contributed by atoms with Gasteiger partial charge in [-0.25, -0.2) is 0 Å². The first kappa shape index (κ1) is 64.4. The lowest BCUT2D eigenvalue weighted by molar-refractivity contribution is -0.137. The van der Waals surface area contributed by atoms with Gasteiger partial charge in [-0.3, -0.25) is 0 Å². The van der Waals surface area contributed by atoms with Crippen molar-refractivity contribution in [1.29, 1.82) is 0 Å². The summed E-state index contributed by atoms with van der Waals surface area (Å²) in [6.45, 7) is -0.678. The number of para-hydroxylation sites is 8. The Hall–Kier alpha value is -13.2. The Bertz CT molecular complexity index is 5950. The Labute approximate surface area is 631 Å². The summed E-state index contributed by atoms with van der Waals surface area (Å²) in [5.41, 5.74) is 28.8. The molecule has 0 atom stereocenters. The molecule has 4 aliphatic heterocycles. The summed E-state index contributed by atoms with van der Waals surface area (Å²) in [6, 6.07) is 137. The Balaban J connectivity index is 0.896. The van der Waals surface area contributed by atoms with Crippen LogP contribution in [0.2, 0.25) is 0 Å². The second-order valence-electron chi connectivity index (χ2n) is 27.7. The molecular weight excluding hydrogens is 1350 g/mol. The minimum Gasteiger partial charge on any atom is -0.311 e. The minimum atomic E-state index is -4.57. The molecule has 16 aromatic rings. The quantitative estimate of drug-likeness (QED) is 0.106. The summed E-state index contributed by atoms with van der Waals surface area (Å²) in [4.78, 5) is 14.1. The van der Waals surface area contributed by atoms with Crippen molar-refractivity contribution >= 4 is 143 Å². The molecule has 0 N–H and O–H groups in total. The van der Waals surface area contributed by atoms with E-state index in [1.54, 1.807) is 23.9 Å². The standard InChI is InChI=1S/C97H64B2F3N5S/c100-97(101,102)69-55-57-74(58-56-69)106-87-64-91-84(63-83(87)98-81-51-25-27-53-85(81)105(73-45-23-8-24-46-73)88-59-75(60-89(106)93(88)98)103(70-39-17-5-18-40-70)71-41-19-6-20-42-71)99-82-52-26-28-54-86(82)107(96-79(67-35-13-3-14-36-67)49-30-50-80(96)68-37-15-4-16-38-68)90-61-76(62-92(108-91)94(90)99)104(72-43-21-7-22-44-72)95-77(65-31-9-1-10-32-65)47-29-48-78(95)66-33-11-2-12-34-66/h1-64H. The number of rotatable bonds is 13. The molecule has 0 aliphatic carbocycles. The first-order chi connectivity index (χ1) is 53.3. The van der Waals surface area contributed by atoms with E-state index < -0.39 is 11.7 Å². The second-order valence-corrected chi connectivity index (χ2v) is 28.8. The average molecular weight is 1410 g/mol. The van der Waals surface area contributed by atoms with E-state index in [1.165, 1.54) is 17.6 Å². The maximum absolute atomic E-state index is 15.1. The number of halogens is 3. The third-order valence-electron chi connectivity index (χ3n) is 21.6. The number of benzene rings is 16. The van der Waals surface area contributed by atoms with Crippen LogP contribution >= 0.6 is 11.8 Å². The van der Waals surface area contributed by atoms with Crippen molar-refractivity contribution in [2.24, 2.45) is 0 Å². The molecule has 11 heteroatoms. The molecule has 0 radical (unpaired) electrons. The maximum atomic E-state index is 15.1. The number of anilines is 15. The van der Waals surface area contributed by atoms with Crippen LogP contribution < -0.4 is 57.3 Å². The lowest BCUT2D eigenvalue weighted by Gasteiger charge is -2.46. The fraction of sp³-hybridized carbons (Fsp3) is 0.0103. The molecule has 108 heavy (non-hydrogen) atoms. The number of hydrogen-bond donors (Lipinski definition) is 0. The molecular formula is C97H64B2F3N5S. The van der Waals surface area contributed by atoms with Crippen LogP contribution in [-0.2, 0) is 6.18 Å². The molecule has 0 fully saturated rings. The predicted molar refractivity (Wildman–Crippen MR) is 446 cm³/mol. The lowest BCUT2D eigenvalue weighted by atomic mass is 9.31. The third kappa shape index (κ3) is 10.8. The molecule has 0 bridgehead atoms. The summed E-state index contributed by atoms with van der Waals surface area (Å²) < 4.78 is 45.2. The van der Waals surface area contributed by atoms with Gasteiger partial charge in [0.15, 0.2) is 0 Å². The van der Waals surface area contributed by atoms with Crippen LogP contribution in [-0.4, -0.2) is 13.4 Å². The van der Waals surface area contributed by atoms with E-state index in [9.17, 15) is 0 Å². The highest BCUT2D eigenvalue weighted by atomic mass is 32.2. The lowest BCUT2D eigenvalue weighted by Crippen LogP contribution is -2.64. The molecule has 0 saturated carbocycles. The molecule has 20 rings (SSSR count). The molecule has 4 heterocycles. The second kappa shape index (κ2) is 26.4. The Morgan fingerprint density at radius 1 is 0.259 bits per heavy atom. The van der Waals surface area contributed by atoms with E-state index >= 15 is 13.2 Å². The van der Waals surface area contributed by atoms with Crippen LogP contribution in [0, 0.1) is 0 Å². The van der Waals surface area contributed by atoms with Crippen LogP contribution in [0.5, 0.6) is 0 Å². The van der Waals surface area contributed by atoms with E-state index in [4.69, 9.17) is 0 Å². The third-order valence-corrected chi connectivity index (χ3v) is 22.8. The van der Waals surface area contributed by atoms with E-state index in [0.29, 0.717) is 5.69 Å². The van der Waals surface area contributed by atoms with Crippen LogP contribution in [0.15, 0.2) is 398 Å². The van der Waals surface area contributed by atoms with Crippen molar-refractivity contribution in [3.8, 4) is 44.5 Å². The van der Waals surface area contributed by atoms with Crippen LogP contribution in [0.1, 0.15) is 5.56 Å². The van der Waals surface area contributed by atoms with Gasteiger partial charge in [-0.2, -0.15) is 13.2 Å². The van der Waals surface area contributed by atoms with Gasteiger partial charge in [-0.1, -0.05) is 290 Å². The van der Waals surface area contributed by atoms with Gasteiger partial charge in [-0.05, 0) is 165 Å². The largest absolute Gasteiger partial charge is 0.416 e. The molecule has 16 aromatic carbocycles. The fourth-order valence-corrected chi connectivity index (χ4v) is 18.3. The summed E-state index contributed by atoms with van der Waals surface area (Å²) in [6.07, 6.45) is -4.57. The molecule has 0 amide bonds. The highest BCUT2D eigenvalue weighted by Gasteiger charge is 2.48. The Morgan fingerprint density at radius 2 is 0.639 bits per heavy atom. The van der Waals surface area contributed by atoms with Gasteiger partial charge in [0.1, 0.15) is 0 Å². The van der Waals surface area contributed by atoms with Crippen LogP contribution in [0.25, 0.3) is 44.5 Å². The highest BCUT2D eigenvalue weighted by Crippen LogP contribution is 2.55. The zero-order valence-corrected chi connectivity index (χ0v) is 59.2. The Morgan fingerprint density at radius 3 is 1.13 bits per heavy atom. The van der Waals surface area contributed by atoms with Crippen molar-refractivity contribution in [3.05, 3.63) is 394 Å². The van der Waals surface area contributed by atoms with Gasteiger partial charge in [0.2, 0.25) is 6.71 Å². The predicted octanol–water partition coefficient (Wildman–Crippen LogP) is 23.2. The smallest absolute Gasteiger partial charge is 0.311 e. The topological polar surface area (TPSA) is 16.2 Å². The summed E-state index contributed by atoms with van der Waals surface area (Å²) in [5, 5.41) is 0. The van der Waals surface area contributed by atoms with Gasteiger partial charge in [0, 0.05) is 100 Å². The van der Waals surface area contributed by atoms with Crippen molar-refractivity contribution < 1.29 is 13.2 Å². The van der Waals surface area contributed by atoms with Gasteiger partial charge < -0.3 is 24.5 Å². The van der Waals surface area contributed by atoms with Crippen LogP contribution in [0.4, 0.5) is 98.5 Å². The first-order valence-electron chi connectivity index (χ1n) is 36.5. The molecule has 0 unspecified atom stereocenters. The number of nitrogens with zero attached hydrogens (tertiary/aromatic N) is 5. The first-order valence-corrected chi connectivity index (χ1v) is 37.3. The molecule has 0 saturated heterocycles. The number of hydrogen-bond acceptors (Lipinski definition) is 6. The van der Waals surface area contributed by atoms with Crippen molar-refractivity contribution in [3.63, 3.8) is 0 Å². The van der Waals surface area contributed by atoms with E-state index in [2.05, 4.69) is 370 Å². The molecule has 0 spiro atoms. The molecule has 510 valence electrons. The summed E-state index contributed by atoms with van der Waals surface area (Å²) in [7, 11) is 0. The number of fused-ring (bicyclic) bond motifs is 8. The average Bonchev–Trinajstić information content (AvgIpc) is 0.688. The summed E-state index contributed by atoms with van der Waals surface area (Å²) in [5.74, 6) is 0. The molecule has 5 nitrogen and oxygen atoms in total. The molecule has 4 aliphatic rings. The monoisotopic (exact) mass is 1410 g/mol. The maximum Gasteiger partial charge on any atom is 0.416 e. The van der Waals surface area contributed by atoms with Crippen LogP contribution in [0.3, 0.4) is 0 Å². The SMILES string of the molecule is FC(F)(F)c1ccc(N2c3cc4c(cc3B3c5ccccc5N(c5ccccc5)c5cc(N(c6ccccc6)c6ccccc6)cc2c53)B2c3ccccc3N(c3c(-c5ccccc5)cccc3-c3ccccc3)c3cc(N(c5ccccc5)c5c(-c6ccccc6)cccc5-c5ccccc5)cc(c32)S4)cc1. The zero-order chi connectivity index (χ0) is 72.0.